The van der Waals surface area contributed by atoms with Gasteiger partial charge in [0.15, 0.2) is 0 Å². The molecule has 7 heteroatoms. The van der Waals surface area contributed by atoms with Crippen LogP contribution in [0.5, 0.6) is 0 Å². The predicted octanol–water partition coefficient (Wildman–Crippen LogP) is 2.24. The second-order valence-electron chi connectivity index (χ2n) is 3.46. The molecule has 0 fully saturated rings. The van der Waals surface area contributed by atoms with Gasteiger partial charge in [0.25, 0.3) is 6.43 Å². The van der Waals surface area contributed by atoms with Crippen LogP contribution < -0.4 is 5.73 Å². The number of esters is 1. The fraction of sp³-hybridized carbons (Fsp3) is 0.455. The highest BCUT2D eigenvalue weighted by Gasteiger charge is 2.19. The zero-order chi connectivity index (χ0) is 13.7. The van der Waals surface area contributed by atoms with Crippen LogP contribution in [0.2, 0.25) is 5.15 Å². The van der Waals surface area contributed by atoms with Crippen molar-refractivity contribution in [1.82, 2.24) is 4.98 Å². The molecule has 4 nitrogen and oxygen atoms in total. The first-order valence-electron chi connectivity index (χ1n) is 5.31. The molecule has 1 aromatic rings. The second kappa shape index (κ2) is 6.61. The molecule has 2 N–H and O–H groups in total. The van der Waals surface area contributed by atoms with E-state index in [9.17, 15) is 13.6 Å². The van der Waals surface area contributed by atoms with Crippen molar-refractivity contribution in [2.24, 2.45) is 5.73 Å². The summed E-state index contributed by atoms with van der Waals surface area (Å²) in [6.07, 6.45) is -3.08. The molecule has 0 saturated carbocycles. The van der Waals surface area contributed by atoms with Crippen molar-refractivity contribution < 1.29 is 18.3 Å². The topological polar surface area (TPSA) is 65.2 Å². The van der Waals surface area contributed by atoms with Crippen molar-refractivity contribution in [3.05, 3.63) is 28.0 Å². The first-order valence-corrected chi connectivity index (χ1v) is 5.69. The van der Waals surface area contributed by atoms with Gasteiger partial charge in [-0.1, -0.05) is 11.6 Å². The number of ether oxygens (including phenoxy) is 1. The van der Waals surface area contributed by atoms with Crippen LogP contribution in [0.25, 0.3) is 0 Å². The summed E-state index contributed by atoms with van der Waals surface area (Å²) in [5.41, 5.74) is 5.26. The summed E-state index contributed by atoms with van der Waals surface area (Å²) in [6.45, 7) is 1.81. The third-order valence-corrected chi connectivity index (χ3v) is 2.56. The highest BCUT2D eigenvalue weighted by atomic mass is 35.5. The van der Waals surface area contributed by atoms with E-state index in [1.807, 2.05) is 0 Å². The number of hydrogen-bond acceptors (Lipinski definition) is 4. The smallest absolute Gasteiger partial charge is 0.311 e. The fourth-order valence-corrected chi connectivity index (χ4v) is 1.64. The number of nitrogens with two attached hydrogens (primary N) is 1. The van der Waals surface area contributed by atoms with E-state index in [1.165, 1.54) is 6.07 Å². The maximum Gasteiger partial charge on any atom is 0.311 e. The molecule has 0 bridgehead atoms. The minimum Gasteiger partial charge on any atom is -0.466 e. The normalized spacial score (nSPS) is 10.8. The van der Waals surface area contributed by atoms with Crippen LogP contribution in [0.15, 0.2) is 6.07 Å². The molecule has 0 saturated heterocycles. The molecular weight excluding hydrogens is 266 g/mol. The molecule has 0 aromatic carbocycles. The van der Waals surface area contributed by atoms with Crippen molar-refractivity contribution in [3.63, 3.8) is 0 Å². The van der Waals surface area contributed by atoms with Gasteiger partial charge in [0.05, 0.1) is 18.7 Å². The summed E-state index contributed by atoms with van der Waals surface area (Å²) in [7, 11) is 0. The van der Waals surface area contributed by atoms with Gasteiger partial charge in [-0.15, -0.1) is 0 Å². The second-order valence-corrected chi connectivity index (χ2v) is 3.82. The number of nitrogens with zero attached hydrogens (tertiary/aromatic N) is 1. The standard InChI is InChI=1S/C11H13ClF2N2O2/c1-2-18-9(17)4-8-7(11(13)14)3-6(5-15)10(12)16-8/h3,11H,2,4-5,15H2,1H3. The number of carbonyl (C=O) groups excluding carboxylic acids is 1. The molecule has 0 aliphatic rings. The first kappa shape index (κ1) is 14.8. The van der Waals surface area contributed by atoms with Crippen LogP contribution in [0, 0.1) is 0 Å². The molecule has 1 heterocycles. The van der Waals surface area contributed by atoms with Crippen LogP contribution in [0.1, 0.15) is 30.2 Å². The number of carbonyl (C=O) groups is 1. The van der Waals surface area contributed by atoms with E-state index in [1.54, 1.807) is 6.92 Å². The Morgan fingerprint density at radius 1 is 1.61 bits per heavy atom. The van der Waals surface area contributed by atoms with E-state index < -0.39 is 12.4 Å². The number of rotatable bonds is 5. The lowest BCUT2D eigenvalue weighted by Crippen LogP contribution is -2.12. The molecule has 0 aliphatic heterocycles. The lowest BCUT2D eigenvalue weighted by Gasteiger charge is -2.11. The fourth-order valence-electron chi connectivity index (χ4n) is 1.41. The molecule has 0 unspecified atom stereocenters. The Morgan fingerprint density at radius 2 is 2.28 bits per heavy atom. The van der Waals surface area contributed by atoms with E-state index in [2.05, 4.69) is 9.72 Å². The summed E-state index contributed by atoms with van der Waals surface area (Å²) in [6, 6.07) is 1.18. The quantitative estimate of drug-likeness (QED) is 0.663. The Morgan fingerprint density at radius 3 is 2.78 bits per heavy atom. The van der Waals surface area contributed by atoms with Crippen molar-refractivity contribution in [3.8, 4) is 0 Å². The average molecular weight is 279 g/mol. The van der Waals surface area contributed by atoms with Crippen molar-refractivity contribution >= 4 is 17.6 Å². The molecule has 1 aromatic heterocycles. The van der Waals surface area contributed by atoms with Gasteiger partial charge in [-0.25, -0.2) is 13.8 Å². The van der Waals surface area contributed by atoms with E-state index in [0.717, 1.165) is 0 Å². The van der Waals surface area contributed by atoms with Gasteiger partial charge in [-0.05, 0) is 13.0 Å². The maximum absolute atomic E-state index is 12.8. The van der Waals surface area contributed by atoms with Gasteiger partial charge in [0, 0.05) is 17.7 Å². The molecular formula is C11H13ClF2N2O2. The Kier molecular flexibility index (Phi) is 5.43. The van der Waals surface area contributed by atoms with E-state index >= 15 is 0 Å². The van der Waals surface area contributed by atoms with Gasteiger partial charge >= 0.3 is 5.97 Å². The van der Waals surface area contributed by atoms with Crippen LogP contribution in [0.3, 0.4) is 0 Å². The zero-order valence-electron chi connectivity index (χ0n) is 9.75. The van der Waals surface area contributed by atoms with Gasteiger partial charge < -0.3 is 10.5 Å². The summed E-state index contributed by atoms with van der Waals surface area (Å²) < 4.78 is 30.4. The Labute approximate surface area is 108 Å². The molecule has 0 radical (unpaired) electrons. The predicted molar refractivity (Wildman–Crippen MR) is 62.4 cm³/mol. The number of alkyl halides is 2. The highest BCUT2D eigenvalue weighted by molar-refractivity contribution is 6.30. The summed E-state index contributed by atoms with van der Waals surface area (Å²) in [4.78, 5) is 15.1. The van der Waals surface area contributed by atoms with Crippen LogP contribution in [-0.2, 0) is 22.5 Å². The minimum atomic E-state index is -2.75. The number of aromatic nitrogens is 1. The summed E-state index contributed by atoms with van der Waals surface area (Å²) >= 11 is 5.78. The van der Waals surface area contributed by atoms with Gasteiger partial charge in [0.1, 0.15) is 5.15 Å². The number of halogens is 3. The first-order chi connectivity index (χ1) is 8.49. The van der Waals surface area contributed by atoms with Crippen LogP contribution >= 0.6 is 11.6 Å². The minimum absolute atomic E-state index is 0.00520. The van der Waals surface area contributed by atoms with E-state index in [-0.39, 0.29) is 36.0 Å². The molecule has 100 valence electrons. The third-order valence-electron chi connectivity index (χ3n) is 2.23. The molecule has 1 rings (SSSR count). The molecule has 0 atom stereocenters. The van der Waals surface area contributed by atoms with Gasteiger partial charge in [-0.2, -0.15) is 0 Å². The summed E-state index contributed by atoms with van der Waals surface area (Å²) in [5, 5.41) is 0.0289. The lowest BCUT2D eigenvalue weighted by molar-refractivity contribution is -0.142. The molecule has 0 amide bonds. The Balaban J connectivity index is 3.09. The van der Waals surface area contributed by atoms with Gasteiger partial charge in [-0.3, -0.25) is 4.79 Å². The highest BCUT2D eigenvalue weighted by Crippen LogP contribution is 2.26. The van der Waals surface area contributed by atoms with E-state index in [4.69, 9.17) is 17.3 Å². The van der Waals surface area contributed by atoms with E-state index in [0.29, 0.717) is 5.56 Å². The Hall–Kier alpha value is -1.27. The average Bonchev–Trinajstić information content (AvgIpc) is 2.29. The SMILES string of the molecule is CCOC(=O)Cc1nc(Cl)c(CN)cc1C(F)F. The Bertz CT molecular complexity index is 441. The number of hydrogen-bond donors (Lipinski definition) is 1. The van der Waals surface area contributed by atoms with Crippen LogP contribution in [0.4, 0.5) is 8.78 Å². The molecule has 18 heavy (non-hydrogen) atoms. The van der Waals surface area contributed by atoms with Crippen molar-refractivity contribution in [2.45, 2.75) is 26.3 Å². The maximum atomic E-state index is 12.8. The lowest BCUT2D eigenvalue weighted by atomic mass is 10.1. The van der Waals surface area contributed by atoms with Crippen molar-refractivity contribution in [1.29, 1.82) is 0 Å². The third kappa shape index (κ3) is 3.61. The number of pyridine rings is 1. The zero-order valence-corrected chi connectivity index (χ0v) is 10.5. The monoisotopic (exact) mass is 278 g/mol. The molecule has 0 spiro atoms. The van der Waals surface area contributed by atoms with Gasteiger partial charge in [0.2, 0.25) is 0 Å². The summed E-state index contributed by atoms with van der Waals surface area (Å²) in [5.74, 6) is -0.622. The largest absolute Gasteiger partial charge is 0.466 e. The molecule has 0 aliphatic carbocycles. The van der Waals surface area contributed by atoms with Crippen LogP contribution in [-0.4, -0.2) is 17.6 Å². The van der Waals surface area contributed by atoms with Crippen molar-refractivity contribution in [2.75, 3.05) is 6.61 Å².